The molecular formula is C12H24N2O4S. The van der Waals surface area contributed by atoms with Crippen LogP contribution < -0.4 is 0 Å². The van der Waals surface area contributed by atoms with Gasteiger partial charge in [0.15, 0.2) is 0 Å². The third-order valence-electron chi connectivity index (χ3n) is 3.28. The predicted octanol–water partition coefficient (Wildman–Crippen LogP) is 0.297. The monoisotopic (exact) mass is 292 g/mol. The summed E-state index contributed by atoms with van der Waals surface area (Å²) < 4.78 is 29.3. The topological polar surface area (TPSA) is 66.9 Å². The van der Waals surface area contributed by atoms with Gasteiger partial charge in [0.25, 0.3) is 0 Å². The molecule has 0 unspecified atom stereocenters. The SMILES string of the molecule is COCCN(CC(=O)N1CCCCCC1)S(C)(=O)=O. The van der Waals surface area contributed by atoms with E-state index in [1.54, 1.807) is 4.90 Å². The molecule has 6 nitrogen and oxygen atoms in total. The Balaban J connectivity index is 2.59. The first-order chi connectivity index (χ1) is 8.95. The second-order valence-electron chi connectivity index (χ2n) is 4.88. The van der Waals surface area contributed by atoms with Crippen molar-refractivity contribution in [2.45, 2.75) is 25.7 Å². The Bertz CT molecular complexity index is 375. The number of hydrogen-bond donors (Lipinski definition) is 0. The van der Waals surface area contributed by atoms with Crippen molar-refractivity contribution in [3.05, 3.63) is 0 Å². The van der Waals surface area contributed by atoms with Gasteiger partial charge < -0.3 is 9.64 Å². The molecule has 0 atom stereocenters. The molecule has 1 aliphatic rings. The van der Waals surface area contributed by atoms with E-state index in [2.05, 4.69) is 0 Å². The molecule has 0 radical (unpaired) electrons. The van der Waals surface area contributed by atoms with Crippen LogP contribution in [0, 0.1) is 0 Å². The number of ether oxygens (including phenoxy) is 1. The van der Waals surface area contributed by atoms with Crippen LogP contribution in [0.15, 0.2) is 0 Å². The van der Waals surface area contributed by atoms with Gasteiger partial charge in [-0.1, -0.05) is 12.8 Å². The molecule has 1 fully saturated rings. The summed E-state index contributed by atoms with van der Waals surface area (Å²) in [5.74, 6) is -0.108. The summed E-state index contributed by atoms with van der Waals surface area (Å²) >= 11 is 0. The normalized spacial score (nSPS) is 17.5. The molecule has 19 heavy (non-hydrogen) atoms. The quantitative estimate of drug-likeness (QED) is 0.706. The van der Waals surface area contributed by atoms with Crippen LogP contribution in [0.3, 0.4) is 0 Å². The maximum atomic E-state index is 12.2. The number of likely N-dealkylation sites (tertiary alicyclic amines) is 1. The average Bonchev–Trinajstić information content (AvgIpc) is 2.61. The number of nitrogens with zero attached hydrogens (tertiary/aromatic N) is 2. The summed E-state index contributed by atoms with van der Waals surface area (Å²) in [6.45, 7) is 1.90. The van der Waals surface area contributed by atoms with E-state index in [0.717, 1.165) is 45.0 Å². The Labute approximate surface area is 115 Å². The van der Waals surface area contributed by atoms with Crippen LogP contribution in [0.4, 0.5) is 0 Å². The molecule has 0 aromatic heterocycles. The molecule has 1 heterocycles. The molecule has 0 aliphatic carbocycles. The van der Waals surface area contributed by atoms with Gasteiger partial charge in [0.05, 0.1) is 19.4 Å². The molecule has 0 spiro atoms. The number of carbonyl (C=O) groups excluding carboxylic acids is 1. The van der Waals surface area contributed by atoms with Gasteiger partial charge in [0, 0.05) is 26.7 Å². The molecule has 7 heteroatoms. The lowest BCUT2D eigenvalue weighted by Gasteiger charge is -2.25. The Kier molecular flexibility index (Phi) is 6.74. The first-order valence-corrected chi connectivity index (χ1v) is 8.52. The molecule has 0 saturated carbocycles. The highest BCUT2D eigenvalue weighted by Crippen LogP contribution is 2.10. The van der Waals surface area contributed by atoms with Gasteiger partial charge in [-0.25, -0.2) is 8.42 Å². The highest BCUT2D eigenvalue weighted by molar-refractivity contribution is 7.88. The van der Waals surface area contributed by atoms with Crippen LogP contribution in [0.25, 0.3) is 0 Å². The zero-order valence-electron chi connectivity index (χ0n) is 11.8. The van der Waals surface area contributed by atoms with Gasteiger partial charge in [-0.3, -0.25) is 4.79 Å². The summed E-state index contributed by atoms with van der Waals surface area (Å²) in [6, 6.07) is 0. The Hall–Kier alpha value is -0.660. The average molecular weight is 292 g/mol. The standard InChI is InChI=1S/C12H24N2O4S/c1-18-10-9-14(19(2,16)17)11-12(15)13-7-5-3-4-6-8-13/h3-11H2,1-2H3. The van der Waals surface area contributed by atoms with Crippen molar-refractivity contribution in [2.24, 2.45) is 0 Å². The van der Waals surface area contributed by atoms with Gasteiger partial charge in [0.1, 0.15) is 0 Å². The first-order valence-electron chi connectivity index (χ1n) is 6.67. The third-order valence-corrected chi connectivity index (χ3v) is 4.53. The fraction of sp³-hybridized carbons (Fsp3) is 0.917. The van der Waals surface area contributed by atoms with Crippen molar-refractivity contribution < 1.29 is 17.9 Å². The lowest BCUT2D eigenvalue weighted by molar-refractivity contribution is -0.131. The second-order valence-corrected chi connectivity index (χ2v) is 6.87. The summed E-state index contributed by atoms with van der Waals surface area (Å²) in [6.07, 6.45) is 5.41. The van der Waals surface area contributed by atoms with Gasteiger partial charge in [-0.05, 0) is 12.8 Å². The lowest BCUT2D eigenvalue weighted by atomic mass is 10.2. The van der Waals surface area contributed by atoms with Crippen LogP contribution in [0.1, 0.15) is 25.7 Å². The number of amides is 1. The molecule has 0 aromatic rings. The minimum Gasteiger partial charge on any atom is -0.383 e. The molecule has 112 valence electrons. The van der Waals surface area contributed by atoms with E-state index in [1.807, 2.05) is 0 Å². The predicted molar refractivity (Wildman–Crippen MR) is 73.3 cm³/mol. The molecule has 1 aliphatic heterocycles. The van der Waals surface area contributed by atoms with Crippen molar-refractivity contribution in [3.63, 3.8) is 0 Å². The smallest absolute Gasteiger partial charge is 0.237 e. The highest BCUT2D eigenvalue weighted by atomic mass is 32.2. The van der Waals surface area contributed by atoms with Gasteiger partial charge >= 0.3 is 0 Å². The summed E-state index contributed by atoms with van der Waals surface area (Å²) in [7, 11) is -1.86. The molecule has 0 aromatic carbocycles. The maximum Gasteiger partial charge on any atom is 0.237 e. The van der Waals surface area contributed by atoms with Crippen LogP contribution in [-0.4, -0.2) is 69.7 Å². The molecule has 0 bridgehead atoms. The summed E-state index contributed by atoms with van der Waals surface area (Å²) in [5, 5.41) is 0. The third kappa shape index (κ3) is 5.88. The summed E-state index contributed by atoms with van der Waals surface area (Å²) in [5.41, 5.74) is 0. The minimum atomic E-state index is -3.37. The van der Waals surface area contributed by atoms with Crippen LogP contribution >= 0.6 is 0 Å². The highest BCUT2D eigenvalue weighted by Gasteiger charge is 2.23. The van der Waals surface area contributed by atoms with Crippen molar-refractivity contribution in [2.75, 3.05) is 46.2 Å². The van der Waals surface area contributed by atoms with E-state index in [9.17, 15) is 13.2 Å². The number of hydrogen-bond acceptors (Lipinski definition) is 4. The van der Waals surface area contributed by atoms with Crippen molar-refractivity contribution in [3.8, 4) is 0 Å². The van der Waals surface area contributed by atoms with Crippen LogP contribution in [0.5, 0.6) is 0 Å². The van der Waals surface area contributed by atoms with E-state index in [1.165, 1.54) is 11.4 Å². The van der Waals surface area contributed by atoms with Crippen LogP contribution in [-0.2, 0) is 19.6 Å². The second kappa shape index (κ2) is 7.81. The van der Waals surface area contributed by atoms with Crippen molar-refractivity contribution in [1.82, 2.24) is 9.21 Å². The largest absolute Gasteiger partial charge is 0.383 e. The zero-order chi connectivity index (χ0) is 14.3. The molecular weight excluding hydrogens is 268 g/mol. The fourth-order valence-electron chi connectivity index (χ4n) is 2.13. The fourth-order valence-corrected chi connectivity index (χ4v) is 2.88. The van der Waals surface area contributed by atoms with E-state index in [0.29, 0.717) is 6.61 Å². The molecule has 1 amide bonds. The van der Waals surface area contributed by atoms with E-state index >= 15 is 0 Å². The molecule has 0 N–H and O–H groups in total. The molecule has 1 rings (SSSR count). The van der Waals surface area contributed by atoms with Gasteiger partial charge in [-0.15, -0.1) is 0 Å². The van der Waals surface area contributed by atoms with E-state index in [-0.39, 0.29) is 19.0 Å². The number of methoxy groups -OCH3 is 1. The Morgan fingerprint density at radius 1 is 1.21 bits per heavy atom. The van der Waals surface area contributed by atoms with Crippen LogP contribution in [0.2, 0.25) is 0 Å². The first kappa shape index (κ1) is 16.4. The Morgan fingerprint density at radius 3 is 2.26 bits per heavy atom. The number of rotatable bonds is 6. The van der Waals surface area contributed by atoms with Crippen molar-refractivity contribution in [1.29, 1.82) is 0 Å². The number of sulfonamides is 1. The molecule has 1 saturated heterocycles. The van der Waals surface area contributed by atoms with Gasteiger partial charge in [-0.2, -0.15) is 4.31 Å². The number of carbonyl (C=O) groups is 1. The maximum absolute atomic E-state index is 12.2. The minimum absolute atomic E-state index is 0.0812. The zero-order valence-corrected chi connectivity index (χ0v) is 12.6. The van der Waals surface area contributed by atoms with Crippen molar-refractivity contribution >= 4 is 15.9 Å². The van der Waals surface area contributed by atoms with Gasteiger partial charge in [0.2, 0.25) is 15.9 Å². The Morgan fingerprint density at radius 2 is 1.79 bits per heavy atom. The van der Waals surface area contributed by atoms with E-state index < -0.39 is 10.0 Å². The lowest BCUT2D eigenvalue weighted by Crippen LogP contribution is -2.44. The summed E-state index contributed by atoms with van der Waals surface area (Å²) in [4.78, 5) is 13.9. The van der Waals surface area contributed by atoms with E-state index in [4.69, 9.17) is 4.74 Å².